The van der Waals surface area contributed by atoms with Crippen molar-refractivity contribution in [2.75, 3.05) is 38.1 Å². The van der Waals surface area contributed by atoms with Gasteiger partial charge < -0.3 is 14.4 Å². The molecule has 0 saturated carbocycles. The molecule has 4 heteroatoms. The second kappa shape index (κ2) is 4.82. The van der Waals surface area contributed by atoms with Crippen molar-refractivity contribution in [3.8, 4) is 5.69 Å². The van der Waals surface area contributed by atoms with Crippen molar-refractivity contribution < 1.29 is 0 Å². The highest BCUT2D eigenvalue weighted by atomic mass is 15.2. The minimum Gasteiger partial charge on any atom is -0.369 e. The summed E-state index contributed by atoms with van der Waals surface area (Å²) in [6.07, 6.45) is 5.59. The van der Waals surface area contributed by atoms with Crippen molar-refractivity contribution in [2.24, 2.45) is 0 Å². The molecule has 0 bridgehead atoms. The zero-order valence-corrected chi connectivity index (χ0v) is 10.7. The third kappa shape index (κ3) is 2.24. The number of nitrogens with zero attached hydrogens (tertiary/aromatic N) is 4. The average Bonchev–Trinajstić information content (AvgIpc) is 2.94. The second-order valence-corrected chi connectivity index (χ2v) is 4.78. The van der Waals surface area contributed by atoms with Gasteiger partial charge in [0.1, 0.15) is 0 Å². The standard InChI is InChI=1S/C14H18N4/c1-16-8-10-17(11-9-16)13-2-4-14(5-3-13)18-7-6-15-12-18/h2-7,12H,8-11H2,1H3. The Morgan fingerprint density at radius 3 is 2.22 bits per heavy atom. The largest absolute Gasteiger partial charge is 0.369 e. The Balaban J connectivity index is 1.75. The van der Waals surface area contributed by atoms with Crippen molar-refractivity contribution in [2.45, 2.75) is 0 Å². The molecule has 0 unspecified atom stereocenters. The van der Waals surface area contributed by atoms with Gasteiger partial charge in [-0.2, -0.15) is 0 Å². The van der Waals surface area contributed by atoms with Crippen LogP contribution in [0, 0.1) is 0 Å². The molecule has 0 aliphatic carbocycles. The highest BCUT2D eigenvalue weighted by Gasteiger charge is 2.13. The van der Waals surface area contributed by atoms with Gasteiger partial charge in [0, 0.05) is 49.9 Å². The van der Waals surface area contributed by atoms with Gasteiger partial charge in [0.25, 0.3) is 0 Å². The summed E-state index contributed by atoms with van der Waals surface area (Å²) >= 11 is 0. The smallest absolute Gasteiger partial charge is 0.0991 e. The second-order valence-electron chi connectivity index (χ2n) is 4.78. The average molecular weight is 242 g/mol. The summed E-state index contributed by atoms with van der Waals surface area (Å²) in [5, 5.41) is 0. The van der Waals surface area contributed by atoms with Crippen LogP contribution in [0.3, 0.4) is 0 Å². The molecule has 0 N–H and O–H groups in total. The van der Waals surface area contributed by atoms with E-state index >= 15 is 0 Å². The van der Waals surface area contributed by atoms with Gasteiger partial charge >= 0.3 is 0 Å². The first-order chi connectivity index (χ1) is 8.83. The van der Waals surface area contributed by atoms with Gasteiger partial charge in [-0.3, -0.25) is 0 Å². The van der Waals surface area contributed by atoms with Crippen LogP contribution in [-0.4, -0.2) is 47.7 Å². The Labute approximate surface area is 107 Å². The highest BCUT2D eigenvalue weighted by molar-refractivity contribution is 5.51. The topological polar surface area (TPSA) is 24.3 Å². The fraction of sp³-hybridized carbons (Fsp3) is 0.357. The van der Waals surface area contributed by atoms with Gasteiger partial charge in [-0.1, -0.05) is 0 Å². The molecule has 18 heavy (non-hydrogen) atoms. The van der Waals surface area contributed by atoms with Crippen molar-refractivity contribution in [1.29, 1.82) is 0 Å². The number of hydrogen-bond acceptors (Lipinski definition) is 3. The van der Waals surface area contributed by atoms with Crippen molar-refractivity contribution in [3.05, 3.63) is 43.0 Å². The van der Waals surface area contributed by atoms with E-state index in [-0.39, 0.29) is 0 Å². The maximum atomic E-state index is 4.07. The van der Waals surface area contributed by atoms with Gasteiger partial charge in [0.2, 0.25) is 0 Å². The lowest BCUT2D eigenvalue weighted by molar-refractivity contribution is 0.313. The molecule has 0 spiro atoms. The number of aromatic nitrogens is 2. The minimum atomic E-state index is 1.11. The molecule has 1 saturated heterocycles. The van der Waals surface area contributed by atoms with Crippen LogP contribution in [0.4, 0.5) is 5.69 Å². The van der Waals surface area contributed by atoms with E-state index in [1.165, 1.54) is 5.69 Å². The molecule has 3 rings (SSSR count). The van der Waals surface area contributed by atoms with Crippen molar-refractivity contribution in [1.82, 2.24) is 14.5 Å². The lowest BCUT2D eigenvalue weighted by Crippen LogP contribution is -2.44. The van der Waals surface area contributed by atoms with Gasteiger partial charge in [0.05, 0.1) is 6.33 Å². The summed E-state index contributed by atoms with van der Waals surface area (Å²) < 4.78 is 2.02. The lowest BCUT2D eigenvalue weighted by atomic mass is 10.2. The third-order valence-corrected chi connectivity index (χ3v) is 3.52. The minimum absolute atomic E-state index is 1.11. The van der Waals surface area contributed by atoms with Crippen LogP contribution in [0.5, 0.6) is 0 Å². The number of benzene rings is 1. The van der Waals surface area contributed by atoms with Crippen LogP contribution in [0.1, 0.15) is 0 Å². The summed E-state index contributed by atoms with van der Waals surface area (Å²) in [6, 6.07) is 8.69. The number of piperazine rings is 1. The number of likely N-dealkylation sites (N-methyl/N-ethyl adjacent to an activating group) is 1. The number of hydrogen-bond donors (Lipinski definition) is 0. The van der Waals surface area contributed by atoms with Crippen molar-refractivity contribution >= 4 is 5.69 Å². The Morgan fingerprint density at radius 2 is 1.61 bits per heavy atom. The summed E-state index contributed by atoms with van der Waals surface area (Å²) in [5.41, 5.74) is 2.47. The lowest BCUT2D eigenvalue weighted by Gasteiger charge is -2.34. The summed E-state index contributed by atoms with van der Waals surface area (Å²) in [6.45, 7) is 4.51. The van der Waals surface area contributed by atoms with Crippen LogP contribution in [-0.2, 0) is 0 Å². The molecule has 2 aromatic rings. The quantitative estimate of drug-likeness (QED) is 0.800. The highest BCUT2D eigenvalue weighted by Crippen LogP contribution is 2.18. The molecule has 1 aliphatic heterocycles. The molecule has 94 valence electrons. The first-order valence-corrected chi connectivity index (χ1v) is 6.35. The molecule has 0 radical (unpaired) electrons. The van der Waals surface area contributed by atoms with Gasteiger partial charge in [0.15, 0.2) is 0 Å². The molecular formula is C14H18N4. The van der Waals surface area contributed by atoms with Crippen LogP contribution in [0.2, 0.25) is 0 Å². The van der Waals surface area contributed by atoms with Crippen LogP contribution in [0.15, 0.2) is 43.0 Å². The van der Waals surface area contributed by atoms with E-state index in [4.69, 9.17) is 0 Å². The van der Waals surface area contributed by atoms with Gasteiger partial charge in [-0.15, -0.1) is 0 Å². The Bertz CT molecular complexity index is 481. The maximum Gasteiger partial charge on any atom is 0.0991 e. The zero-order valence-electron chi connectivity index (χ0n) is 10.7. The van der Waals surface area contributed by atoms with Crippen LogP contribution in [0.25, 0.3) is 5.69 Å². The molecule has 1 aromatic carbocycles. The molecular weight excluding hydrogens is 224 g/mol. The predicted molar refractivity (Wildman–Crippen MR) is 73.3 cm³/mol. The first kappa shape index (κ1) is 11.3. The SMILES string of the molecule is CN1CCN(c2ccc(-n3ccnc3)cc2)CC1. The molecule has 1 aliphatic rings. The molecule has 0 amide bonds. The maximum absolute atomic E-state index is 4.07. The fourth-order valence-corrected chi connectivity index (χ4v) is 2.31. The van der Waals surface area contributed by atoms with Crippen molar-refractivity contribution in [3.63, 3.8) is 0 Å². The van der Waals surface area contributed by atoms with E-state index in [2.05, 4.69) is 46.1 Å². The molecule has 1 aromatic heterocycles. The number of rotatable bonds is 2. The summed E-state index contributed by atoms with van der Waals surface area (Å²) in [5.74, 6) is 0. The van der Waals surface area contributed by atoms with E-state index in [1.54, 1.807) is 6.20 Å². The fourth-order valence-electron chi connectivity index (χ4n) is 2.31. The molecule has 4 nitrogen and oxygen atoms in total. The normalized spacial score (nSPS) is 17.1. The number of imidazole rings is 1. The monoisotopic (exact) mass is 242 g/mol. The van der Waals surface area contributed by atoms with Crippen LogP contribution >= 0.6 is 0 Å². The first-order valence-electron chi connectivity index (χ1n) is 6.35. The van der Waals surface area contributed by atoms with Gasteiger partial charge in [-0.25, -0.2) is 4.98 Å². The Kier molecular flexibility index (Phi) is 3.02. The van der Waals surface area contributed by atoms with E-state index < -0.39 is 0 Å². The Morgan fingerprint density at radius 1 is 0.944 bits per heavy atom. The summed E-state index contributed by atoms with van der Waals surface area (Å²) in [4.78, 5) is 8.88. The zero-order chi connectivity index (χ0) is 12.4. The van der Waals surface area contributed by atoms with E-state index in [9.17, 15) is 0 Å². The van der Waals surface area contributed by atoms with Crippen LogP contribution < -0.4 is 4.90 Å². The van der Waals surface area contributed by atoms with Gasteiger partial charge in [-0.05, 0) is 31.3 Å². The summed E-state index contributed by atoms with van der Waals surface area (Å²) in [7, 11) is 2.18. The molecule has 2 heterocycles. The third-order valence-electron chi connectivity index (χ3n) is 3.52. The predicted octanol–water partition coefficient (Wildman–Crippen LogP) is 1.62. The van der Waals surface area contributed by atoms with E-state index in [0.717, 1.165) is 31.9 Å². The van der Waals surface area contributed by atoms with E-state index in [1.807, 2.05) is 17.1 Å². The van der Waals surface area contributed by atoms with E-state index in [0.29, 0.717) is 0 Å². The molecule has 0 atom stereocenters. The number of anilines is 1. The Hall–Kier alpha value is -1.81. The molecule has 1 fully saturated rings.